The van der Waals surface area contributed by atoms with Crippen LogP contribution >= 0.6 is 0 Å². The Morgan fingerprint density at radius 2 is 2.18 bits per heavy atom. The number of hydrogen-bond acceptors (Lipinski definition) is 3. The first kappa shape index (κ1) is 11.8. The molecule has 1 aliphatic heterocycles. The van der Waals surface area contributed by atoms with Gasteiger partial charge < -0.3 is 10.1 Å². The van der Waals surface area contributed by atoms with Crippen molar-refractivity contribution in [1.82, 2.24) is 10.3 Å². The van der Waals surface area contributed by atoms with Gasteiger partial charge in [-0.05, 0) is 19.1 Å². The number of pyridine rings is 1. The van der Waals surface area contributed by atoms with Crippen LogP contribution in [0.1, 0.15) is 21.7 Å². The molecule has 1 saturated heterocycles. The number of hydrogen-bond donors (Lipinski definition) is 1. The first-order valence-corrected chi connectivity index (χ1v) is 4.85. The van der Waals surface area contributed by atoms with Crippen LogP contribution in [0.15, 0.2) is 12.1 Å². The van der Waals surface area contributed by atoms with Crippen molar-refractivity contribution in [1.29, 1.82) is 0 Å². The van der Waals surface area contributed by atoms with Gasteiger partial charge in [0.15, 0.2) is 6.23 Å². The quantitative estimate of drug-likeness (QED) is 0.804. The minimum Gasteiger partial charge on any atom is -0.351 e. The van der Waals surface area contributed by atoms with E-state index in [2.05, 4.69) is 10.3 Å². The molecule has 17 heavy (non-hydrogen) atoms. The van der Waals surface area contributed by atoms with E-state index in [4.69, 9.17) is 4.74 Å². The number of ether oxygens (including phenoxy) is 1. The van der Waals surface area contributed by atoms with Gasteiger partial charge in [0.1, 0.15) is 5.69 Å². The number of aromatic nitrogens is 1. The fraction of sp³-hybridized carbons (Fsp3) is 0.400. The fourth-order valence-electron chi connectivity index (χ4n) is 1.31. The fourth-order valence-corrected chi connectivity index (χ4v) is 1.31. The molecular formula is C10H9F3N2O2. The molecule has 0 bridgehead atoms. The zero-order chi connectivity index (χ0) is 12.6. The molecule has 0 aliphatic carbocycles. The smallest absolute Gasteiger partial charge is 0.351 e. The largest absolute Gasteiger partial charge is 0.433 e. The van der Waals surface area contributed by atoms with Crippen LogP contribution in [0.5, 0.6) is 0 Å². The molecule has 1 amide bonds. The highest BCUT2D eigenvalue weighted by Crippen LogP contribution is 2.28. The van der Waals surface area contributed by atoms with Gasteiger partial charge in [-0.1, -0.05) is 0 Å². The molecule has 1 atom stereocenters. The third-order valence-electron chi connectivity index (χ3n) is 2.25. The van der Waals surface area contributed by atoms with Crippen LogP contribution in [0.2, 0.25) is 0 Å². The number of epoxide rings is 1. The van der Waals surface area contributed by atoms with E-state index in [0.29, 0.717) is 6.61 Å². The average molecular weight is 246 g/mol. The summed E-state index contributed by atoms with van der Waals surface area (Å²) in [6.45, 7) is 1.79. The van der Waals surface area contributed by atoms with Gasteiger partial charge in [0.25, 0.3) is 5.91 Å². The van der Waals surface area contributed by atoms with E-state index < -0.39 is 17.8 Å². The number of carbonyl (C=O) groups excluding carboxylic acids is 1. The van der Waals surface area contributed by atoms with Gasteiger partial charge in [-0.3, -0.25) is 4.79 Å². The van der Waals surface area contributed by atoms with Gasteiger partial charge >= 0.3 is 6.18 Å². The Balaban J connectivity index is 2.21. The van der Waals surface area contributed by atoms with Crippen LogP contribution in [0.3, 0.4) is 0 Å². The first-order chi connectivity index (χ1) is 7.88. The van der Waals surface area contributed by atoms with Crippen LogP contribution in [0, 0.1) is 6.92 Å². The maximum Gasteiger partial charge on any atom is 0.433 e. The van der Waals surface area contributed by atoms with E-state index >= 15 is 0 Å². The molecule has 0 aromatic carbocycles. The third kappa shape index (κ3) is 2.73. The minimum absolute atomic E-state index is 0.0398. The van der Waals surface area contributed by atoms with Gasteiger partial charge in [-0.25, -0.2) is 4.98 Å². The highest BCUT2D eigenvalue weighted by Gasteiger charge is 2.33. The predicted octanol–water partition coefficient (Wildman–Crippen LogP) is 1.49. The van der Waals surface area contributed by atoms with Crippen molar-refractivity contribution in [3.8, 4) is 0 Å². The Kier molecular flexibility index (Phi) is 2.78. The van der Waals surface area contributed by atoms with E-state index in [-0.39, 0.29) is 17.5 Å². The van der Waals surface area contributed by atoms with Gasteiger partial charge in [-0.15, -0.1) is 0 Å². The van der Waals surface area contributed by atoms with Crippen molar-refractivity contribution >= 4 is 5.91 Å². The summed E-state index contributed by atoms with van der Waals surface area (Å²) in [6.07, 6.45) is -4.83. The summed E-state index contributed by atoms with van der Waals surface area (Å²) in [5.41, 5.74) is -0.847. The summed E-state index contributed by atoms with van der Waals surface area (Å²) in [7, 11) is 0. The molecule has 4 nitrogen and oxygen atoms in total. The van der Waals surface area contributed by atoms with E-state index in [1.54, 1.807) is 0 Å². The second-order valence-electron chi connectivity index (χ2n) is 3.62. The lowest BCUT2D eigenvalue weighted by molar-refractivity contribution is -0.141. The van der Waals surface area contributed by atoms with Gasteiger partial charge in [0.2, 0.25) is 0 Å². The van der Waals surface area contributed by atoms with Crippen molar-refractivity contribution in [3.05, 3.63) is 29.1 Å². The average Bonchev–Trinajstić information content (AvgIpc) is 2.99. The lowest BCUT2D eigenvalue weighted by Crippen LogP contribution is -2.27. The second-order valence-corrected chi connectivity index (χ2v) is 3.62. The van der Waals surface area contributed by atoms with E-state index in [1.807, 2.05) is 0 Å². The number of rotatable bonds is 2. The van der Waals surface area contributed by atoms with Crippen LogP contribution in [-0.4, -0.2) is 23.7 Å². The van der Waals surface area contributed by atoms with E-state index in [1.165, 1.54) is 6.92 Å². The molecule has 2 heterocycles. The Labute approximate surface area is 94.8 Å². The van der Waals surface area contributed by atoms with Crippen molar-refractivity contribution in [2.45, 2.75) is 19.3 Å². The Bertz CT molecular complexity index is 455. The van der Waals surface area contributed by atoms with Crippen molar-refractivity contribution in [2.24, 2.45) is 0 Å². The maximum absolute atomic E-state index is 12.3. The van der Waals surface area contributed by atoms with Crippen LogP contribution < -0.4 is 5.32 Å². The Morgan fingerprint density at radius 1 is 1.53 bits per heavy atom. The highest BCUT2D eigenvalue weighted by atomic mass is 19.4. The molecule has 1 N–H and O–H groups in total. The number of alkyl halides is 3. The molecule has 0 spiro atoms. The van der Waals surface area contributed by atoms with Crippen LogP contribution in [0.25, 0.3) is 0 Å². The predicted molar refractivity (Wildman–Crippen MR) is 51.2 cm³/mol. The summed E-state index contributed by atoms with van der Waals surface area (Å²) < 4.78 is 41.8. The summed E-state index contributed by atoms with van der Waals surface area (Å²) in [5, 5.41) is 2.49. The van der Waals surface area contributed by atoms with Crippen molar-refractivity contribution < 1.29 is 22.7 Å². The Morgan fingerprint density at radius 3 is 2.65 bits per heavy atom. The third-order valence-corrected chi connectivity index (χ3v) is 2.25. The lowest BCUT2D eigenvalue weighted by atomic mass is 10.1. The van der Waals surface area contributed by atoms with Gasteiger partial charge in [0, 0.05) is 0 Å². The first-order valence-electron chi connectivity index (χ1n) is 4.85. The molecule has 1 aromatic heterocycles. The second kappa shape index (κ2) is 3.99. The number of carbonyl (C=O) groups is 1. The van der Waals surface area contributed by atoms with Crippen LogP contribution in [-0.2, 0) is 10.9 Å². The SMILES string of the molecule is Cc1nc(C(F)(F)F)ccc1C(=O)NC1CO1. The van der Waals surface area contributed by atoms with Gasteiger partial charge in [0.05, 0.1) is 17.9 Å². The molecule has 1 unspecified atom stereocenters. The summed E-state index contributed by atoms with van der Waals surface area (Å²) in [5.74, 6) is -0.480. The molecule has 0 radical (unpaired) electrons. The molecule has 2 rings (SSSR count). The number of nitrogens with one attached hydrogen (secondary N) is 1. The molecule has 1 aromatic rings. The number of nitrogens with zero attached hydrogens (tertiary/aromatic N) is 1. The monoisotopic (exact) mass is 246 g/mol. The summed E-state index contributed by atoms with van der Waals surface area (Å²) in [4.78, 5) is 14.9. The van der Waals surface area contributed by atoms with Crippen molar-refractivity contribution in [3.63, 3.8) is 0 Å². The Hall–Kier alpha value is -1.63. The summed E-state index contributed by atoms with van der Waals surface area (Å²) in [6, 6.07) is 1.90. The lowest BCUT2D eigenvalue weighted by Gasteiger charge is -2.09. The normalized spacial score (nSPS) is 18.9. The zero-order valence-electron chi connectivity index (χ0n) is 8.84. The maximum atomic E-state index is 12.3. The minimum atomic E-state index is -4.50. The molecule has 0 saturated carbocycles. The molecule has 92 valence electrons. The number of aryl methyl sites for hydroxylation is 1. The van der Waals surface area contributed by atoms with Crippen molar-refractivity contribution in [2.75, 3.05) is 6.61 Å². The van der Waals surface area contributed by atoms with Gasteiger partial charge in [-0.2, -0.15) is 13.2 Å². The topological polar surface area (TPSA) is 54.5 Å². The molecule has 7 heteroatoms. The summed E-state index contributed by atoms with van der Waals surface area (Å²) >= 11 is 0. The van der Waals surface area contributed by atoms with E-state index in [9.17, 15) is 18.0 Å². The van der Waals surface area contributed by atoms with Crippen LogP contribution in [0.4, 0.5) is 13.2 Å². The highest BCUT2D eigenvalue weighted by molar-refractivity contribution is 5.95. The molecule has 1 aliphatic rings. The molecular weight excluding hydrogens is 237 g/mol. The standard InChI is InChI=1S/C10H9F3N2O2/c1-5-6(9(16)15-8-4-17-8)2-3-7(14-5)10(11,12)13/h2-3,8H,4H2,1H3,(H,15,16). The number of amides is 1. The number of halogens is 3. The molecule has 1 fully saturated rings. The zero-order valence-corrected chi connectivity index (χ0v) is 8.84. The van der Waals surface area contributed by atoms with E-state index in [0.717, 1.165) is 12.1 Å².